The van der Waals surface area contributed by atoms with Crippen molar-refractivity contribution in [1.82, 2.24) is 25.3 Å². The molecule has 0 saturated heterocycles. The van der Waals surface area contributed by atoms with Gasteiger partial charge in [-0.15, -0.1) is 0 Å². The van der Waals surface area contributed by atoms with Crippen molar-refractivity contribution in [3.05, 3.63) is 28.5 Å². The smallest absolute Gasteiger partial charge is 0.262 e. The van der Waals surface area contributed by atoms with Gasteiger partial charge in [-0.25, -0.2) is 4.98 Å². The SMILES string of the molecule is Nc1c(Cl)ccc(Cl)c1-c1nc(-c2ncn[nH]2)no1. The summed E-state index contributed by atoms with van der Waals surface area (Å²) in [5.41, 5.74) is 6.54. The lowest BCUT2D eigenvalue weighted by molar-refractivity contribution is 0.432. The van der Waals surface area contributed by atoms with E-state index in [0.29, 0.717) is 21.4 Å². The molecule has 96 valence electrons. The average molecular weight is 297 g/mol. The van der Waals surface area contributed by atoms with Crippen LogP contribution in [-0.2, 0) is 0 Å². The molecule has 2 heterocycles. The van der Waals surface area contributed by atoms with Crippen LogP contribution in [0.25, 0.3) is 23.1 Å². The molecule has 0 amide bonds. The van der Waals surface area contributed by atoms with E-state index in [0.717, 1.165) is 0 Å². The van der Waals surface area contributed by atoms with Crippen molar-refractivity contribution in [2.45, 2.75) is 0 Å². The van der Waals surface area contributed by atoms with Crippen molar-refractivity contribution in [3.8, 4) is 23.1 Å². The van der Waals surface area contributed by atoms with Crippen LogP contribution in [-0.4, -0.2) is 25.3 Å². The van der Waals surface area contributed by atoms with E-state index in [4.69, 9.17) is 33.5 Å². The Morgan fingerprint density at radius 2 is 2.00 bits per heavy atom. The number of nitrogens with zero attached hydrogens (tertiary/aromatic N) is 4. The number of hydrogen-bond acceptors (Lipinski definition) is 6. The van der Waals surface area contributed by atoms with Gasteiger partial charge in [-0.3, -0.25) is 5.10 Å². The Kier molecular flexibility index (Phi) is 2.84. The van der Waals surface area contributed by atoms with Crippen LogP contribution in [0.1, 0.15) is 0 Å². The van der Waals surface area contributed by atoms with Gasteiger partial charge in [-0.05, 0) is 12.1 Å². The van der Waals surface area contributed by atoms with E-state index < -0.39 is 0 Å². The number of aromatic amines is 1. The Balaban J connectivity index is 2.11. The number of rotatable bonds is 2. The standard InChI is InChI=1S/C10H6Cl2N6O/c11-4-1-2-5(12)7(13)6(4)10-16-9(18-19-10)8-14-3-15-17-8/h1-3H,13H2,(H,14,15,17). The third-order valence-electron chi connectivity index (χ3n) is 2.41. The highest BCUT2D eigenvalue weighted by Gasteiger charge is 2.19. The number of halogens is 2. The fourth-order valence-electron chi connectivity index (χ4n) is 1.52. The maximum Gasteiger partial charge on any atom is 0.262 e. The molecule has 0 aliphatic heterocycles. The lowest BCUT2D eigenvalue weighted by atomic mass is 10.2. The molecule has 0 radical (unpaired) electrons. The van der Waals surface area contributed by atoms with E-state index in [1.807, 2.05) is 0 Å². The van der Waals surface area contributed by atoms with E-state index in [1.165, 1.54) is 6.33 Å². The Morgan fingerprint density at radius 1 is 1.21 bits per heavy atom. The average Bonchev–Trinajstić information content (AvgIpc) is 3.04. The third kappa shape index (κ3) is 2.02. The second-order valence-corrected chi connectivity index (χ2v) is 4.39. The highest BCUT2D eigenvalue weighted by Crippen LogP contribution is 2.37. The summed E-state index contributed by atoms with van der Waals surface area (Å²) in [7, 11) is 0. The number of anilines is 1. The van der Waals surface area contributed by atoms with E-state index in [-0.39, 0.29) is 17.4 Å². The Labute approximate surface area is 116 Å². The second kappa shape index (κ2) is 4.52. The van der Waals surface area contributed by atoms with Gasteiger partial charge in [-0.2, -0.15) is 10.1 Å². The van der Waals surface area contributed by atoms with Crippen molar-refractivity contribution >= 4 is 28.9 Å². The first-order chi connectivity index (χ1) is 9.16. The van der Waals surface area contributed by atoms with Gasteiger partial charge in [0, 0.05) is 0 Å². The number of hydrogen-bond donors (Lipinski definition) is 2. The molecule has 0 atom stereocenters. The molecule has 2 aromatic heterocycles. The Bertz CT molecular complexity index is 724. The van der Waals surface area contributed by atoms with Crippen LogP contribution in [0.15, 0.2) is 23.0 Å². The minimum atomic E-state index is 0.163. The normalized spacial score (nSPS) is 10.8. The molecule has 3 N–H and O–H groups in total. The lowest BCUT2D eigenvalue weighted by Crippen LogP contribution is -1.93. The molecule has 3 rings (SSSR count). The van der Waals surface area contributed by atoms with E-state index in [2.05, 4.69) is 25.3 Å². The maximum absolute atomic E-state index is 6.07. The zero-order valence-corrected chi connectivity index (χ0v) is 10.8. The van der Waals surface area contributed by atoms with Crippen LogP contribution in [0.3, 0.4) is 0 Å². The van der Waals surface area contributed by atoms with Gasteiger partial charge in [-0.1, -0.05) is 28.4 Å². The maximum atomic E-state index is 6.07. The minimum Gasteiger partial charge on any atom is -0.397 e. The molecular formula is C10H6Cl2N6O. The second-order valence-electron chi connectivity index (χ2n) is 3.58. The van der Waals surface area contributed by atoms with Crippen LogP contribution in [0.5, 0.6) is 0 Å². The number of benzene rings is 1. The quantitative estimate of drug-likeness (QED) is 0.703. The molecule has 0 unspecified atom stereocenters. The van der Waals surface area contributed by atoms with Gasteiger partial charge in [0.2, 0.25) is 5.82 Å². The monoisotopic (exact) mass is 296 g/mol. The molecule has 0 fully saturated rings. The molecular weight excluding hydrogens is 291 g/mol. The predicted octanol–water partition coefficient (Wildman–Crippen LogP) is 2.41. The van der Waals surface area contributed by atoms with Gasteiger partial charge in [0.25, 0.3) is 5.89 Å². The minimum absolute atomic E-state index is 0.163. The molecule has 0 aliphatic carbocycles. The third-order valence-corrected chi connectivity index (χ3v) is 3.05. The van der Waals surface area contributed by atoms with Crippen molar-refractivity contribution in [2.24, 2.45) is 0 Å². The number of nitrogens with one attached hydrogen (secondary N) is 1. The zero-order chi connectivity index (χ0) is 13.4. The van der Waals surface area contributed by atoms with E-state index in [9.17, 15) is 0 Å². The van der Waals surface area contributed by atoms with Crippen LogP contribution < -0.4 is 5.73 Å². The summed E-state index contributed by atoms with van der Waals surface area (Å²) in [6, 6.07) is 3.20. The number of nitrogen functional groups attached to an aromatic ring is 1. The summed E-state index contributed by atoms with van der Waals surface area (Å²) in [5, 5.41) is 10.8. The summed E-state index contributed by atoms with van der Waals surface area (Å²) in [5.74, 6) is 0.797. The van der Waals surface area contributed by atoms with Gasteiger partial charge in [0.05, 0.1) is 21.3 Å². The summed E-state index contributed by atoms with van der Waals surface area (Å²) < 4.78 is 5.12. The van der Waals surface area contributed by atoms with Gasteiger partial charge < -0.3 is 10.3 Å². The van der Waals surface area contributed by atoms with Crippen LogP contribution in [0.2, 0.25) is 10.0 Å². The summed E-state index contributed by atoms with van der Waals surface area (Å²) in [6.07, 6.45) is 1.34. The molecule has 19 heavy (non-hydrogen) atoms. The number of nitrogens with two attached hydrogens (primary N) is 1. The van der Waals surface area contributed by atoms with Crippen LogP contribution in [0, 0.1) is 0 Å². The van der Waals surface area contributed by atoms with Gasteiger partial charge >= 0.3 is 0 Å². The first-order valence-electron chi connectivity index (χ1n) is 5.10. The number of H-pyrrole nitrogens is 1. The first-order valence-corrected chi connectivity index (χ1v) is 5.85. The van der Waals surface area contributed by atoms with Gasteiger partial charge in [0.1, 0.15) is 6.33 Å². The summed E-state index contributed by atoms with van der Waals surface area (Å²) in [4.78, 5) is 8.07. The Morgan fingerprint density at radius 3 is 2.74 bits per heavy atom. The molecule has 7 nitrogen and oxygen atoms in total. The molecule has 0 bridgehead atoms. The summed E-state index contributed by atoms with van der Waals surface area (Å²) in [6.45, 7) is 0. The van der Waals surface area contributed by atoms with E-state index in [1.54, 1.807) is 12.1 Å². The molecule has 1 aromatic carbocycles. The van der Waals surface area contributed by atoms with E-state index >= 15 is 0 Å². The Hall–Kier alpha value is -2.12. The number of aromatic nitrogens is 5. The fraction of sp³-hybridized carbons (Fsp3) is 0. The molecule has 0 spiro atoms. The highest BCUT2D eigenvalue weighted by atomic mass is 35.5. The largest absolute Gasteiger partial charge is 0.397 e. The van der Waals surface area contributed by atoms with Crippen molar-refractivity contribution < 1.29 is 4.52 Å². The summed E-state index contributed by atoms with van der Waals surface area (Å²) >= 11 is 12.0. The topological polar surface area (TPSA) is 107 Å². The molecule has 3 aromatic rings. The van der Waals surface area contributed by atoms with Crippen molar-refractivity contribution in [2.75, 3.05) is 5.73 Å². The highest BCUT2D eigenvalue weighted by molar-refractivity contribution is 6.37. The fourth-order valence-corrected chi connectivity index (χ4v) is 1.92. The molecule has 9 heteroatoms. The zero-order valence-electron chi connectivity index (χ0n) is 9.26. The van der Waals surface area contributed by atoms with Crippen molar-refractivity contribution in [3.63, 3.8) is 0 Å². The van der Waals surface area contributed by atoms with Gasteiger partial charge in [0.15, 0.2) is 5.82 Å². The van der Waals surface area contributed by atoms with Crippen LogP contribution >= 0.6 is 23.2 Å². The van der Waals surface area contributed by atoms with Crippen LogP contribution in [0.4, 0.5) is 5.69 Å². The van der Waals surface area contributed by atoms with Crippen molar-refractivity contribution in [1.29, 1.82) is 0 Å². The molecule has 0 aliphatic rings. The predicted molar refractivity (Wildman–Crippen MR) is 69.5 cm³/mol. The lowest BCUT2D eigenvalue weighted by Gasteiger charge is -2.04. The first kappa shape index (κ1) is 11.9. The molecule has 0 saturated carbocycles.